The van der Waals surface area contributed by atoms with Crippen LogP contribution < -0.4 is 5.32 Å². The lowest BCUT2D eigenvalue weighted by atomic mass is 10.1. The van der Waals surface area contributed by atoms with Crippen LogP contribution in [0.5, 0.6) is 0 Å². The van der Waals surface area contributed by atoms with Crippen LogP contribution in [0.3, 0.4) is 0 Å². The molecule has 0 saturated heterocycles. The van der Waals surface area contributed by atoms with Crippen LogP contribution in [0.2, 0.25) is 0 Å². The Kier molecular flexibility index (Phi) is 5.22. The van der Waals surface area contributed by atoms with Gasteiger partial charge in [0.2, 0.25) is 5.91 Å². The van der Waals surface area contributed by atoms with E-state index in [1.165, 1.54) is 23.5 Å². The molecule has 2 heterocycles. The largest absolute Gasteiger partial charge is 0.416 e. The van der Waals surface area contributed by atoms with Gasteiger partial charge in [0.1, 0.15) is 0 Å². The van der Waals surface area contributed by atoms with Gasteiger partial charge in [-0.25, -0.2) is 4.98 Å². The third kappa shape index (κ3) is 4.02. The lowest BCUT2D eigenvalue weighted by Crippen LogP contribution is -2.23. The van der Waals surface area contributed by atoms with Crippen LogP contribution in [0.1, 0.15) is 17.5 Å². The first-order valence-corrected chi connectivity index (χ1v) is 9.95. The summed E-state index contributed by atoms with van der Waals surface area (Å²) in [5.41, 5.74) is 2.55. The van der Waals surface area contributed by atoms with Crippen molar-refractivity contribution in [3.8, 4) is 23.6 Å². The van der Waals surface area contributed by atoms with Crippen molar-refractivity contribution in [1.29, 1.82) is 0 Å². The molecule has 1 amide bonds. The normalized spacial score (nSPS) is 11.7. The van der Waals surface area contributed by atoms with Gasteiger partial charge in [0.25, 0.3) is 0 Å². The van der Waals surface area contributed by atoms with E-state index in [2.05, 4.69) is 16.2 Å². The highest BCUT2D eigenvalue weighted by Crippen LogP contribution is 2.33. The molecule has 0 unspecified atom stereocenters. The van der Waals surface area contributed by atoms with Gasteiger partial charge in [-0.3, -0.25) is 9.20 Å². The van der Waals surface area contributed by atoms with Gasteiger partial charge >= 0.3 is 6.18 Å². The first-order valence-electron chi connectivity index (χ1n) is 9.13. The van der Waals surface area contributed by atoms with Crippen LogP contribution in [0, 0.1) is 12.3 Å². The molecule has 0 aliphatic rings. The number of halogens is 3. The van der Waals surface area contributed by atoms with Crippen molar-refractivity contribution in [1.82, 2.24) is 14.7 Å². The predicted octanol–water partition coefficient (Wildman–Crippen LogP) is 4.92. The van der Waals surface area contributed by atoms with Gasteiger partial charge in [-0.2, -0.15) is 13.2 Å². The fourth-order valence-electron chi connectivity index (χ4n) is 3.17. The van der Waals surface area contributed by atoms with Gasteiger partial charge in [0.05, 0.1) is 28.0 Å². The molecule has 152 valence electrons. The van der Waals surface area contributed by atoms with Crippen LogP contribution in [0.25, 0.3) is 26.4 Å². The number of nitrogens with zero attached hydrogens (tertiary/aromatic N) is 2. The Morgan fingerprint density at radius 1 is 1.20 bits per heavy atom. The molecule has 8 heteroatoms. The predicted molar refractivity (Wildman–Crippen MR) is 111 cm³/mol. The topological polar surface area (TPSA) is 46.4 Å². The molecule has 2 aromatic carbocycles. The summed E-state index contributed by atoms with van der Waals surface area (Å²) in [6, 6.07) is 10.9. The Labute approximate surface area is 174 Å². The van der Waals surface area contributed by atoms with E-state index >= 15 is 0 Å². The maximum absolute atomic E-state index is 12.8. The number of carbonyl (C=O) groups excluding carboxylic acids is 1. The highest BCUT2D eigenvalue weighted by atomic mass is 32.1. The van der Waals surface area contributed by atoms with Crippen molar-refractivity contribution in [2.75, 3.05) is 6.54 Å². The van der Waals surface area contributed by atoms with Crippen molar-refractivity contribution >= 4 is 32.4 Å². The number of benzene rings is 2. The molecule has 1 N–H and O–H groups in total. The number of thiazole rings is 1. The molecule has 30 heavy (non-hydrogen) atoms. The van der Waals surface area contributed by atoms with Crippen LogP contribution in [-0.4, -0.2) is 21.8 Å². The van der Waals surface area contributed by atoms with Crippen LogP contribution >= 0.6 is 11.3 Å². The monoisotopic (exact) mass is 427 g/mol. The van der Waals surface area contributed by atoms with Gasteiger partial charge in [0, 0.05) is 18.2 Å². The number of aromatic nitrogens is 2. The molecule has 0 spiro atoms. The Morgan fingerprint density at radius 2 is 1.97 bits per heavy atom. The van der Waals surface area contributed by atoms with E-state index in [-0.39, 0.29) is 12.5 Å². The lowest BCUT2D eigenvalue weighted by molar-refractivity contribution is -0.137. The summed E-state index contributed by atoms with van der Waals surface area (Å²) in [6.07, 6.45) is 3.55. The van der Waals surface area contributed by atoms with E-state index in [9.17, 15) is 18.0 Å². The summed E-state index contributed by atoms with van der Waals surface area (Å²) >= 11 is 1.49. The maximum Gasteiger partial charge on any atom is 0.416 e. The number of hydrogen-bond donors (Lipinski definition) is 1. The number of nitrogens with one attached hydrogen (secondary N) is 1. The smallest absolute Gasteiger partial charge is 0.345 e. The second-order valence-corrected chi connectivity index (χ2v) is 7.75. The third-order valence-corrected chi connectivity index (χ3v) is 5.71. The Bertz CT molecular complexity index is 1260. The summed E-state index contributed by atoms with van der Waals surface area (Å²) in [7, 11) is 0. The number of amides is 1. The quantitative estimate of drug-likeness (QED) is 0.460. The molecular weight excluding hydrogens is 411 g/mol. The van der Waals surface area contributed by atoms with E-state index in [0.717, 1.165) is 32.9 Å². The SMILES string of the molecule is C#CCNC(=O)CCc1ccc2c(c1)sc1nc(-c3ccc(C(F)(F)F)cc3)cn12. The van der Waals surface area contributed by atoms with E-state index < -0.39 is 11.7 Å². The number of terminal acetylenes is 1. The molecule has 4 nitrogen and oxygen atoms in total. The molecular formula is C22H16F3N3OS. The molecule has 0 aliphatic heterocycles. The number of aryl methyl sites for hydroxylation is 1. The number of imidazole rings is 1. The molecule has 4 rings (SSSR count). The zero-order valence-corrected chi connectivity index (χ0v) is 16.5. The van der Waals surface area contributed by atoms with E-state index in [0.29, 0.717) is 24.1 Å². The first kappa shape index (κ1) is 20.0. The molecule has 2 aromatic heterocycles. The lowest BCUT2D eigenvalue weighted by Gasteiger charge is -2.06. The second kappa shape index (κ2) is 7.84. The van der Waals surface area contributed by atoms with Crippen molar-refractivity contribution in [2.45, 2.75) is 19.0 Å². The number of hydrogen-bond acceptors (Lipinski definition) is 3. The Hall–Kier alpha value is -3.31. The number of carbonyl (C=O) groups is 1. The van der Waals surface area contributed by atoms with Gasteiger partial charge < -0.3 is 5.32 Å². The summed E-state index contributed by atoms with van der Waals surface area (Å²) in [5.74, 6) is 2.28. The molecule has 4 aromatic rings. The zero-order chi connectivity index (χ0) is 21.3. The van der Waals surface area contributed by atoms with Crippen molar-refractivity contribution in [3.05, 3.63) is 59.8 Å². The van der Waals surface area contributed by atoms with Gasteiger partial charge in [0.15, 0.2) is 4.96 Å². The Morgan fingerprint density at radius 3 is 2.67 bits per heavy atom. The molecule has 0 bridgehead atoms. The molecule has 0 aliphatic carbocycles. The van der Waals surface area contributed by atoms with Crippen LogP contribution in [0.4, 0.5) is 13.2 Å². The number of alkyl halides is 3. The van der Waals surface area contributed by atoms with E-state index in [1.807, 2.05) is 28.8 Å². The standard InChI is InChI=1S/C22H16F3N3OS/c1-2-11-26-20(29)10-4-14-3-9-18-19(12-14)30-21-27-17(13-28(18)21)15-5-7-16(8-6-15)22(23,24)25/h1,3,5-9,12-13H,4,10-11H2,(H,26,29). The number of fused-ring (bicyclic) bond motifs is 3. The Balaban J connectivity index is 1.56. The summed E-state index contributed by atoms with van der Waals surface area (Å²) in [4.78, 5) is 17.0. The minimum absolute atomic E-state index is 0.0878. The van der Waals surface area contributed by atoms with Gasteiger partial charge in [-0.1, -0.05) is 35.5 Å². The van der Waals surface area contributed by atoms with Crippen molar-refractivity contribution in [2.24, 2.45) is 0 Å². The molecule has 0 radical (unpaired) electrons. The summed E-state index contributed by atoms with van der Waals surface area (Å²) in [6.45, 7) is 0.223. The minimum atomic E-state index is -4.36. The van der Waals surface area contributed by atoms with Gasteiger partial charge in [-0.05, 0) is 36.2 Å². The molecule has 0 atom stereocenters. The summed E-state index contributed by atoms with van der Waals surface area (Å²) in [5, 5.41) is 2.64. The minimum Gasteiger partial charge on any atom is -0.345 e. The van der Waals surface area contributed by atoms with Crippen molar-refractivity contribution in [3.63, 3.8) is 0 Å². The fourth-order valence-corrected chi connectivity index (χ4v) is 4.24. The average Bonchev–Trinajstić information content (AvgIpc) is 3.27. The number of rotatable bonds is 5. The average molecular weight is 427 g/mol. The van der Waals surface area contributed by atoms with Crippen molar-refractivity contribution < 1.29 is 18.0 Å². The van der Waals surface area contributed by atoms with Crippen LogP contribution in [-0.2, 0) is 17.4 Å². The summed E-state index contributed by atoms with van der Waals surface area (Å²) < 4.78 is 41.2. The maximum atomic E-state index is 12.8. The second-order valence-electron chi connectivity index (χ2n) is 6.74. The molecule has 0 saturated carbocycles. The third-order valence-electron chi connectivity index (χ3n) is 4.69. The highest BCUT2D eigenvalue weighted by Gasteiger charge is 2.30. The zero-order valence-electron chi connectivity index (χ0n) is 15.7. The van der Waals surface area contributed by atoms with E-state index in [4.69, 9.17) is 6.42 Å². The van der Waals surface area contributed by atoms with Gasteiger partial charge in [-0.15, -0.1) is 6.42 Å². The highest BCUT2D eigenvalue weighted by molar-refractivity contribution is 7.23. The molecule has 0 fully saturated rings. The fraction of sp³-hybridized carbons (Fsp3) is 0.182. The first-order chi connectivity index (χ1) is 14.3. The van der Waals surface area contributed by atoms with E-state index in [1.54, 1.807) is 0 Å². The van der Waals surface area contributed by atoms with Crippen LogP contribution in [0.15, 0.2) is 48.7 Å².